The minimum absolute atomic E-state index is 0.317. The van der Waals surface area contributed by atoms with Crippen LogP contribution in [0.3, 0.4) is 0 Å². The molecule has 0 saturated heterocycles. The highest BCUT2D eigenvalue weighted by molar-refractivity contribution is 6.35. The largest absolute Gasteiger partial charge is 0.351 e. The molecule has 0 atom stereocenters. The molecule has 20 heavy (non-hydrogen) atoms. The van der Waals surface area contributed by atoms with Gasteiger partial charge in [-0.2, -0.15) is 5.26 Å². The monoisotopic (exact) mass is 304 g/mol. The van der Waals surface area contributed by atoms with Gasteiger partial charge in [0.15, 0.2) is 5.69 Å². The lowest BCUT2D eigenvalue weighted by atomic mass is 10.00. The van der Waals surface area contributed by atoms with E-state index in [0.717, 1.165) is 34.9 Å². The number of hydrogen-bond donors (Lipinski definition) is 0. The first kappa shape index (κ1) is 13.2. The van der Waals surface area contributed by atoms with Crippen molar-refractivity contribution in [1.29, 1.82) is 5.26 Å². The van der Waals surface area contributed by atoms with Crippen LogP contribution in [0, 0.1) is 11.3 Å². The third kappa shape index (κ3) is 2.43. The van der Waals surface area contributed by atoms with Crippen molar-refractivity contribution < 1.29 is 0 Å². The number of halogens is 2. The number of anilines is 1. The zero-order valence-electron chi connectivity index (χ0n) is 10.5. The molecule has 0 N–H and O–H groups in total. The maximum atomic E-state index is 8.73. The van der Waals surface area contributed by atoms with Crippen LogP contribution < -0.4 is 4.90 Å². The van der Waals surface area contributed by atoms with Gasteiger partial charge in [0.05, 0.1) is 12.4 Å². The van der Waals surface area contributed by atoms with Crippen LogP contribution in [-0.4, -0.2) is 16.5 Å². The van der Waals surface area contributed by atoms with E-state index in [1.54, 1.807) is 12.3 Å². The summed E-state index contributed by atoms with van der Waals surface area (Å²) in [5.74, 6) is 0.755. The second kappa shape index (κ2) is 5.28. The lowest BCUT2D eigenvalue weighted by Gasteiger charge is -2.30. The van der Waals surface area contributed by atoms with Crippen LogP contribution in [0.1, 0.15) is 16.8 Å². The van der Waals surface area contributed by atoms with Gasteiger partial charge in [-0.1, -0.05) is 23.2 Å². The van der Waals surface area contributed by atoms with Crippen molar-refractivity contribution in [3.63, 3.8) is 0 Å². The summed E-state index contributed by atoms with van der Waals surface area (Å²) in [6.45, 7) is 1.51. The molecule has 0 aliphatic carbocycles. The third-order valence-corrected chi connectivity index (χ3v) is 3.88. The molecule has 1 aromatic carbocycles. The second-order valence-electron chi connectivity index (χ2n) is 4.57. The highest BCUT2D eigenvalue weighted by Gasteiger charge is 2.20. The Balaban J connectivity index is 1.90. The fourth-order valence-corrected chi connectivity index (χ4v) is 2.98. The Morgan fingerprint density at radius 1 is 1.20 bits per heavy atom. The number of benzene rings is 1. The molecule has 3 rings (SSSR count). The predicted octanol–water partition coefficient (Wildman–Crippen LogP) is 3.22. The van der Waals surface area contributed by atoms with Crippen LogP contribution in [0.15, 0.2) is 24.5 Å². The molecular formula is C14H10Cl2N4. The van der Waals surface area contributed by atoms with E-state index in [1.807, 2.05) is 12.1 Å². The van der Waals surface area contributed by atoms with Gasteiger partial charge in [-0.25, -0.2) is 9.97 Å². The molecule has 0 amide bonds. The first-order chi connectivity index (χ1) is 9.67. The van der Waals surface area contributed by atoms with Crippen molar-refractivity contribution in [1.82, 2.24) is 9.97 Å². The van der Waals surface area contributed by atoms with Crippen molar-refractivity contribution in [3.8, 4) is 6.07 Å². The van der Waals surface area contributed by atoms with E-state index < -0.39 is 0 Å². The van der Waals surface area contributed by atoms with Crippen molar-refractivity contribution in [2.75, 3.05) is 11.4 Å². The van der Waals surface area contributed by atoms with E-state index in [-0.39, 0.29) is 0 Å². The van der Waals surface area contributed by atoms with Crippen molar-refractivity contribution in [2.24, 2.45) is 0 Å². The number of nitrogens with zero attached hydrogens (tertiary/aromatic N) is 4. The van der Waals surface area contributed by atoms with Gasteiger partial charge in [0, 0.05) is 23.1 Å². The van der Waals surface area contributed by atoms with Crippen molar-refractivity contribution in [2.45, 2.75) is 13.0 Å². The third-order valence-electron chi connectivity index (χ3n) is 3.32. The molecule has 6 heteroatoms. The molecule has 0 unspecified atom stereocenters. The topological polar surface area (TPSA) is 52.8 Å². The van der Waals surface area contributed by atoms with E-state index in [0.29, 0.717) is 17.3 Å². The van der Waals surface area contributed by atoms with Gasteiger partial charge in [-0.3, -0.25) is 0 Å². The number of aromatic nitrogens is 2. The minimum Gasteiger partial charge on any atom is -0.351 e. The summed E-state index contributed by atoms with van der Waals surface area (Å²) in [7, 11) is 0. The van der Waals surface area contributed by atoms with Gasteiger partial charge in [0.25, 0.3) is 0 Å². The van der Waals surface area contributed by atoms with Crippen molar-refractivity contribution in [3.05, 3.63) is 51.4 Å². The number of rotatable bonds is 1. The summed E-state index contributed by atoms with van der Waals surface area (Å²) in [5, 5.41) is 10.1. The molecule has 2 heterocycles. The van der Waals surface area contributed by atoms with Gasteiger partial charge >= 0.3 is 0 Å². The Labute approximate surface area is 126 Å². The SMILES string of the molecule is N#Cc1cnc(N2CCc3c(Cl)cc(Cl)cc3C2)cn1. The Morgan fingerprint density at radius 2 is 2.05 bits per heavy atom. The zero-order valence-corrected chi connectivity index (χ0v) is 12.0. The van der Waals surface area contributed by atoms with Gasteiger partial charge < -0.3 is 4.90 Å². The number of fused-ring (bicyclic) bond motifs is 1. The molecule has 100 valence electrons. The molecule has 1 aliphatic heterocycles. The van der Waals surface area contributed by atoms with Gasteiger partial charge in [-0.05, 0) is 29.7 Å². The molecule has 1 aromatic heterocycles. The van der Waals surface area contributed by atoms with E-state index in [4.69, 9.17) is 28.5 Å². The quantitative estimate of drug-likeness (QED) is 0.812. The Bertz CT molecular complexity index is 692. The summed E-state index contributed by atoms with van der Waals surface area (Å²) < 4.78 is 0. The van der Waals surface area contributed by atoms with E-state index in [2.05, 4.69) is 14.9 Å². The molecule has 1 aliphatic rings. The van der Waals surface area contributed by atoms with Gasteiger partial charge in [-0.15, -0.1) is 0 Å². The first-order valence-electron chi connectivity index (χ1n) is 6.11. The van der Waals surface area contributed by atoms with Crippen LogP contribution >= 0.6 is 23.2 Å². The van der Waals surface area contributed by atoms with Gasteiger partial charge in [0.2, 0.25) is 0 Å². The van der Waals surface area contributed by atoms with Crippen LogP contribution in [-0.2, 0) is 13.0 Å². The summed E-state index contributed by atoms with van der Waals surface area (Å²) in [4.78, 5) is 10.4. The highest BCUT2D eigenvalue weighted by Crippen LogP contribution is 2.31. The van der Waals surface area contributed by atoms with Crippen LogP contribution in [0.5, 0.6) is 0 Å². The standard InChI is InChI=1S/C14H10Cl2N4/c15-10-3-9-8-20(2-1-12(9)13(16)4-10)14-7-18-11(5-17)6-19-14/h3-4,6-7H,1-2,8H2. The van der Waals surface area contributed by atoms with Crippen LogP contribution in [0.25, 0.3) is 0 Å². The fraction of sp³-hybridized carbons (Fsp3) is 0.214. The maximum absolute atomic E-state index is 8.73. The molecule has 2 aromatic rings. The first-order valence-corrected chi connectivity index (χ1v) is 6.87. The average molecular weight is 305 g/mol. The number of nitriles is 1. The Kier molecular flexibility index (Phi) is 3.47. The molecule has 0 radical (unpaired) electrons. The van der Waals surface area contributed by atoms with E-state index >= 15 is 0 Å². The predicted molar refractivity (Wildman–Crippen MR) is 78.0 cm³/mol. The van der Waals surface area contributed by atoms with Crippen LogP contribution in [0.4, 0.5) is 5.82 Å². The highest BCUT2D eigenvalue weighted by atomic mass is 35.5. The Morgan fingerprint density at radius 3 is 2.75 bits per heavy atom. The molecule has 4 nitrogen and oxygen atoms in total. The van der Waals surface area contributed by atoms with Gasteiger partial charge in [0.1, 0.15) is 11.9 Å². The normalized spacial score (nSPS) is 13.8. The maximum Gasteiger partial charge on any atom is 0.158 e. The summed E-state index contributed by atoms with van der Waals surface area (Å²) in [6, 6.07) is 5.67. The summed E-state index contributed by atoms with van der Waals surface area (Å²) in [5.41, 5.74) is 2.58. The summed E-state index contributed by atoms with van der Waals surface area (Å²) >= 11 is 12.3. The zero-order chi connectivity index (χ0) is 14.1. The minimum atomic E-state index is 0.317. The molecule has 0 spiro atoms. The summed E-state index contributed by atoms with van der Waals surface area (Å²) in [6.07, 6.45) is 3.94. The fourth-order valence-electron chi connectivity index (χ4n) is 2.35. The van der Waals surface area contributed by atoms with Crippen molar-refractivity contribution >= 4 is 29.0 Å². The number of hydrogen-bond acceptors (Lipinski definition) is 4. The lowest BCUT2D eigenvalue weighted by molar-refractivity contribution is 0.718. The molecule has 0 bridgehead atoms. The smallest absolute Gasteiger partial charge is 0.158 e. The molecule has 0 fully saturated rings. The molecular weight excluding hydrogens is 295 g/mol. The van der Waals surface area contributed by atoms with E-state index in [9.17, 15) is 0 Å². The second-order valence-corrected chi connectivity index (χ2v) is 5.41. The van der Waals surface area contributed by atoms with E-state index in [1.165, 1.54) is 6.20 Å². The van der Waals surface area contributed by atoms with Crippen LogP contribution in [0.2, 0.25) is 10.0 Å². The average Bonchev–Trinajstić information content (AvgIpc) is 2.46. The Hall–Kier alpha value is -1.83. The molecule has 0 saturated carbocycles. The lowest BCUT2D eigenvalue weighted by Crippen LogP contribution is -2.31.